The number of amides is 2. The van der Waals surface area contributed by atoms with Gasteiger partial charge in [0.15, 0.2) is 0 Å². The summed E-state index contributed by atoms with van der Waals surface area (Å²) in [6, 6.07) is 0. The van der Waals surface area contributed by atoms with E-state index in [-0.39, 0.29) is 11.8 Å². The second kappa shape index (κ2) is 47.6. The lowest BCUT2D eigenvalue weighted by Crippen LogP contribution is -2.24. The first-order valence-corrected chi connectivity index (χ1v) is 25.4. The summed E-state index contributed by atoms with van der Waals surface area (Å²) < 4.78 is 0. The number of hydrogen-bond donors (Lipinski definition) is 4. The van der Waals surface area contributed by atoms with Crippen molar-refractivity contribution in [2.45, 2.75) is 283 Å². The van der Waals surface area contributed by atoms with E-state index >= 15 is 0 Å². The molecule has 0 bridgehead atoms. The van der Waals surface area contributed by atoms with Crippen molar-refractivity contribution >= 4 is 23.8 Å². The van der Waals surface area contributed by atoms with Gasteiger partial charge in [0.25, 0.3) is 0 Å². The summed E-state index contributed by atoms with van der Waals surface area (Å²) in [5.41, 5.74) is 0. The first-order chi connectivity index (χ1) is 28.4. The predicted molar refractivity (Wildman–Crippen MR) is 244 cm³/mol. The van der Waals surface area contributed by atoms with Crippen molar-refractivity contribution in [1.82, 2.24) is 10.6 Å². The summed E-state index contributed by atoms with van der Waals surface area (Å²) in [6.45, 7) is 1.54. The van der Waals surface area contributed by atoms with Gasteiger partial charge in [0.1, 0.15) is 0 Å². The minimum Gasteiger partial charge on any atom is -0.481 e. The van der Waals surface area contributed by atoms with E-state index < -0.39 is 11.9 Å². The predicted octanol–water partition coefficient (Wildman–Crippen LogP) is 14.6. The third-order valence-electron chi connectivity index (χ3n) is 11.8. The third-order valence-corrected chi connectivity index (χ3v) is 11.8. The normalized spacial score (nSPS) is 11.2. The molecular formula is C50H96N2O6. The van der Waals surface area contributed by atoms with Crippen LogP contribution in [0.25, 0.3) is 0 Å². The molecule has 0 aliphatic carbocycles. The lowest BCUT2D eigenvalue weighted by molar-refractivity contribution is -0.138. The molecule has 8 heteroatoms. The fourth-order valence-corrected chi connectivity index (χ4v) is 8.02. The Morgan fingerprint density at radius 2 is 0.379 bits per heavy atom. The Labute approximate surface area is 358 Å². The van der Waals surface area contributed by atoms with E-state index in [4.69, 9.17) is 10.2 Å². The molecule has 0 aromatic rings. The van der Waals surface area contributed by atoms with Gasteiger partial charge in [0, 0.05) is 38.8 Å². The van der Waals surface area contributed by atoms with Gasteiger partial charge in [-0.3, -0.25) is 19.2 Å². The van der Waals surface area contributed by atoms with Crippen LogP contribution in [-0.2, 0) is 19.2 Å². The number of nitrogens with one attached hydrogen (secondary N) is 2. The Morgan fingerprint density at radius 3 is 0.569 bits per heavy atom. The maximum Gasteiger partial charge on any atom is 0.303 e. The van der Waals surface area contributed by atoms with E-state index in [1.165, 1.54) is 180 Å². The highest BCUT2D eigenvalue weighted by Gasteiger charge is 2.04. The smallest absolute Gasteiger partial charge is 0.303 e. The van der Waals surface area contributed by atoms with E-state index in [9.17, 15) is 19.2 Å². The maximum atomic E-state index is 12.2. The van der Waals surface area contributed by atoms with Gasteiger partial charge < -0.3 is 20.8 Å². The molecule has 0 fully saturated rings. The monoisotopic (exact) mass is 821 g/mol. The average Bonchev–Trinajstić information content (AvgIpc) is 3.20. The van der Waals surface area contributed by atoms with Gasteiger partial charge in [-0.05, 0) is 38.5 Å². The SMILES string of the molecule is O=C(O)CCCCCCCCCCCCCCCCCCCCC(=O)NCCCCCCNC(=O)CCCCCCCCCCCCCCCCCCCCC(=O)O. The van der Waals surface area contributed by atoms with Gasteiger partial charge in [-0.25, -0.2) is 0 Å². The van der Waals surface area contributed by atoms with Crippen LogP contribution in [0.5, 0.6) is 0 Å². The zero-order valence-electron chi connectivity index (χ0n) is 38.1. The minimum atomic E-state index is -0.668. The molecule has 0 aromatic carbocycles. The van der Waals surface area contributed by atoms with E-state index in [1.807, 2.05) is 0 Å². The number of unbranched alkanes of at least 4 members (excludes halogenated alkanes) is 37. The average molecular weight is 821 g/mol. The Hall–Kier alpha value is -2.12. The van der Waals surface area contributed by atoms with Crippen molar-refractivity contribution in [3.63, 3.8) is 0 Å². The highest BCUT2D eigenvalue weighted by Crippen LogP contribution is 2.17. The second-order valence-corrected chi connectivity index (χ2v) is 17.6. The van der Waals surface area contributed by atoms with Crippen LogP contribution in [-0.4, -0.2) is 47.1 Å². The molecule has 0 saturated carbocycles. The summed E-state index contributed by atoms with van der Waals surface area (Å²) in [6.07, 6.45) is 51.2. The molecule has 8 nitrogen and oxygen atoms in total. The summed E-state index contributed by atoms with van der Waals surface area (Å²) in [5.74, 6) is -0.937. The molecule has 58 heavy (non-hydrogen) atoms. The lowest BCUT2D eigenvalue weighted by Gasteiger charge is -2.07. The Bertz CT molecular complexity index is 841. The van der Waals surface area contributed by atoms with Gasteiger partial charge >= 0.3 is 11.9 Å². The van der Waals surface area contributed by atoms with E-state index in [2.05, 4.69) is 10.6 Å². The second-order valence-electron chi connectivity index (χ2n) is 17.6. The van der Waals surface area contributed by atoms with Gasteiger partial charge in [0.05, 0.1) is 0 Å². The first kappa shape index (κ1) is 55.9. The molecule has 0 atom stereocenters. The molecule has 0 heterocycles. The first-order valence-electron chi connectivity index (χ1n) is 25.4. The van der Waals surface area contributed by atoms with Crippen LogP contribution in [0.15, 0.2) is 0 Å². The topological polar surface area (TPSA) is 133 Å². The molecule has 4 N–H and O–H groups in total. The minimum absolute atomic E-state index is 0.199. The molecule has 0 unspecified atom stereocenters. The molecular weight excluding hydrogens is 725 g/mol. The van der Waals surface area contributed by atoms with E-state index in [0.717, 1.165) is 90.1 Å². The van der Waals surface area contributed by atoms with Crippen LogP contribution in [0.1, 0.15) is 283 Å². The fraction of sp³-hybridized carbons (Fsp3) is 0.920. The van der Waals surface area contributed by atoms with Crippen LogP contribution in [0, 0.1) is 0 Å². The summed E-state index contributed by atoms with van der Waals surface area (Å²) in [4.78, 5) is 45.3. The van der Waals surface area contributed by atoms with Gasteiger partial charge in [-0.2, -0.15) is 0 Å². The number of hydrogen-bond acceptors (Lipinski definition) is 4. The third kappa shape index (κ3) is 50.0. The van der Waals surface area contributed by atoms with Crippen LogP contribution < -0.4 is 10.6 Å². The number of aliphatic carboxylic acids is 2. The number of carbonyl (C=O) groups is 4. The number of carboxylic acids is 2. The Balaban J connectivity index is 3.24. The maximum absolute atomic E-state index is 12.2. The molecule has 0 aliphatic rings. The molecule has 0 radical (unpaired) electrons. The molecule has 0 saturated heterocycles. The quantitative estimate of drug-likeness (QED) is 0.0452. The Morgan fingerprint density at radius 1 is 0.224 bits per heavy atom. The van der Waals surface area contributed by atoms with Crippen LogP contribution >= 0.6 is 0 Å². The van der Waals surface area contributed by atoms with E-state index in [0.29, 0.717) is 25.7 Å². The van der Waals surface area contributed by atoms with Crippen molar-refractivity contribution in [1.29, 1.82) is 0 Å². The van der Waals surface area contributed by atoms with Crippen molar-refractivity contribution in [3.8, 4) is 0 Å². The zero-order chi connectivity index (χ0) is 42.3. The number of carbonyl (C=O) groups excluding carboxylic acids is 2. The fourth-order valence-electron chi connectivity index (χ4n) is 8.02. The lowest BCUT2D eigenvalue weighted by atomic mass is 10.0. The largest absolute Gasteiger partial charge is 0.481 e. The standard InChI is InChI=1S/C50H96N2O6/c53-47(41-35-29-25-21-17-13-9-5-1-3-7-11-15-19-23-27-31-37-43-49(55)56)51-45-39-33-34-40-46-52-48(54)42-36-30-26-22-18-14-10-6-2-4-8-12-16-20-24-28-32-38-44-50(57)58/h1-46H2,(H,51,53)(H,52,54)(H,55,56)(H,57,58). The molecule has 0 aromatic heterocycles. The molecule has 0 aliphatic heterocycles. The van der Waals surface area contributed by atoms with Crippen molar-refractivity contribution in [2.75, 3.05) is 13.1 Å². The number of carboxylic acid groups (broad SMARTS) is 2. The molecule has 342 valence electrons. The highest BCUT2D eigenvalue weighted by molar-refractivity contribution is 5.76. The van der Waals surface area contributed by atoms with E-state index in [1.54, 1.807) is 0 Å². The number of rotatable bonds is 49. The summed E-state index contributed by atoms with van der Waals surface area (Å²) in [7, 11) is 0. The molecule has 0 rings (SSSR count). The molecule has 2 amide bonds. The van der Waals surface area contributed by atoms with Crippen molar-refractivity contribution < 1.29 is 29.4 Å². The van der Waals surface area contributed by atoms with Crippen LogP contribution in [0.4, 0.5) is 0 Å². The van der Waals surface area contributed by atoms with Gasteiger partial charge in [0.2, 0.25) is 11.8 Å². The van der Waals surface area contributed by atoms with Crippen molar-refractivity contribution in [2.24, 2.45) is 0 Å². The summed E-state index contributed by atoms with van der Waals surface area (Å²) in [5, 5.41) is 23.5. The zero-order valence-corrected chi connectivity index (χ0v) is 38.1. The van der Waals surface area contributed by atoms with Crippen LogP contribution in [0.3, 0.4) is 0 Å². The summed E-state index contributed by atoms with van der Waals surface area (Å²) >= 11 is 0. The highest BCUT2D eigenvalue weighted by atomic mass is 16.4. The van der Waals surface area contributed by atoms with Crippen molar-refractivity contribution in [3.05, 3.63) is 0 Å². The van der Waals surface area contributed by atoms with Gasteiger partial charge in [-0.1, -0.05) is 218 Å². The van der Waals surface area contributed by atoms with Crippen LogP contribution in [0.2, 0.25) is 0 Å². The Kier molecular flexibility index (Phi) is 45.8. The molecule has 0 spiro atoms. The van der Waals surface area contributed by atoms with Gasteiger partial charge in [-0.15, -0.1) is 0 Å².